The van der Waals surface area contributed by atoms with E-state index < -0.39 is 0 Å². The van der Waals surface area contributed by atoms with Crippen LogP contribution in [0, 0.1) is 0 Å². The van der Waals surface area contributed by atoms with Gasteiger partial charge in [-0.15, -0.1) is 12.4 Å². The number of furan rings is 1. The highest BCUT2D eigenvalue weighted by molar-refractivity contribution is 5.96. The van der Waals surface area contributed by atoms with Crippen molar-refractivity contribution in [2.75, 3.05) is 19.6 Å². The molecule has 1 N–H and O–H groups in total. The van der Waals surface area contributed by atoms with Crippen LogP contribution in [0.2, 0.25) is 0 Å². The van der Waals surface area contributed by atoms with Crippen molar-refractivity contribution in [2.45, 2.75) is 6.04 Å². The van der Waals surface area contributed by atoms with Crippen molar-refractivity contribution in [3.05, 3.63) is 54.3 Å². The molecule has 24 heavy (non-hydrogen) atoms. The normalized spacial score (nSPS) is 17.7. The van der Waals surface area contributed by atoms with Gasteiger partial charge >= 0.3 is 0 Å². The van der Waals surface area contributed by atoms with Gasteiger partial charge in [-0.2, -0.15) is 0 Å². The van der Waals surface area contributed by atoms with E-state index in [1.165, 1.54) is 0 Å². The summed E-state index contributed by atoms with van der Waals surface area (Å²) in [6, 6.07) is 9.39. The molecule has 1 aliphatic rings. The number of rotatable bonds is 2. The first kappa shape index (κ1) is 16.5. The van der Waals surface area contributed by atoms with Gasteiger partial charge in [0.2, 0.25) is 0 Å². The molecule has 0 spiro atoms. The summed E-state index contributed by atoms with van der Waals surface area (Å²) in [6.07, 6.45) is 3.65. The number of para-hydroxylation sites is 1. The van der Waals surface area contributed by atoms with Crippen LogP contribution in [0.25, 0.3) is 11.0 Å². The third kappa shape index (κ3) is 2.79. The Morgan fingerprint density at radius 2 is 2.21 bits per heavy atom. The first-order chi connectivity index (χ1) is 11.2. The number of fused-ring (bicyclic) bond motifs is 1. The van der Waals surface area contributed by atoms with E-state index in [4.69, 9.17) is 4.42 Å². The number of carbonyl (C=O) groups excluding carboxylic acids is 1. The third-order valence-corrected chi connectivity index (χ3v) is 4.30. The number of hydrogen-bond donors (Lipinski definition) is 1. The van der Waals surface area contributed by atoms with Crippen molar-refractivity contribution in [2.24, 2.45) is 7.05 Å². The van der Waals surface area contributed by atoms with Crippen LogP contribution in [0.3, 0.4) is 0 Å². The molecule has 1 saturated heterocycles. The fraction of sp³-hybridized carbons (Fsp3) is 0.294. The fourth-order valence-corrected chi connectivity index (χ4v) is 3.11. The maximum absolute atomic E-state index is 13.0. The molecule has 4 rings (SSSR count). The highest BCUT2D eigenvalue weighted by Crippen LogP contribution is 2.25. The molecule has 0 bridgehead atoms. The SMILES string of the molecule is Cl.Cn1ccnc1C1CNCCN1C(=O)c1cc2ccccc2o1. The average molecular weight is 347 g/mol. The summed E-state index contributed by atoms with van der Waals surface area (Å²) in [6.45, 7) is 2.09. The monoisotopic (exact) mass is 346 g/mol. The lowest BCUT2D eigenvalue weighted by Gasteiger charge is -2.35. The number of halogens is 1. The second-order valence-corrected chi connectivity index (χ2v) is 5.76. The van der Waals surface area contributed by atoms with Gasteiger partial charge in [0.1, 0.15) is 17.4 Å². The number of piperazine rings is 1. The van der Waals surface area contributed by atoms with Gasteiger partial charge in [0.05, 0.1) is 0 Å². The molecule has 3 aromatic rings. The zero-order valence-corrected chi connectivity index (χ0v) is 14.1. The standard InChI is InChI=1S/C17H18N4O2.ClH/c1-20-8-7-19-16(20)13-11-18-6-9-21(13)17(22)15-10-12-4-2-3-5-14(12)23-15;/h2-5,7-8,10,13,18H,6,9,11H2,1H3;1H. The molecule has 0 saturated carbocycles. The molecule has 3 heterocycles. The Kier molecular flexibility index (Phi) is 4.59. The van der Waals surface area contributed by atoms with Gasteiger partial charge in [-0.05, 0) is 12.1 Å². The van der Waals surface area contributed by atoms with E-state index in [-0.39, 0.29) is 24.4 Å². The van der Waals surface area contributed by atoms with Crippen LogP contribution in [0.5, 0.6) is 0 Å². The average Bonchev–Trinajstić information content (AvgIpc) is 3.20. The number of imidazole rings is 1. The van der Waals surface area contributed by atoms with Crippen molar-refractivity contribution < 1.29 is 9.21 Å². The van der Waals surface area contributed by atoms with Gasteiger partial charge in [0, 0.05) is 44.5 Å². The minimum atomic E-state index is -0.0931. The zero-order valence-electron chi connectivity index (χ0n) is 13.3. The van der Waals surface area contributed by atoms with Crippen LogP contribution in [0.1, 0.15) is 22.4 Å². The minimum Gasteiger partial charge on any atom is -0.451 e. The molecule has 2 aromatic heterocycles. The van der Waals surface area contributed by atoms with E-state index in [0.717, 1.165) is 23.3 Å². The number of hydrogen-bond acceptors (Lipinski definition) is 4. The second kappa shape index (κ2) is 6.67. The van der Waals surface area contributed by atoms with Crippen LogP contribution in [-0.2, 0) is 7.05 Å². The Bertz CT molecular complexity index is 824. The number of carbonyl (C=O) groups is 1. The van der Waals surface area contributed by atoms with Gasteiger partial charge in [-0.25, -0.2) is 4.98 Å². The molecule has 6 nitrogen and oxygen atoms in total. The van der Waals surface area contributed by atoms with E-state index in [1.54, 1.807) is 6.20 Å². The Hall–Kier alpha value is -2.31. The molecule has 1 aromatic carbocycles. The summed E-state index contributed by atoms with van der Waals surface area (Å²) in [7, 11) is 1.95. The van der Waals surface area contributed by atoms with Crippen LogP contribution >= 0.6 is 12.4 Å². The van der Waals surface area contributed by atoms with Gasteiger partial charge in [0.15, 0.2) is 5.76 Å². The van der Waals surface area contributed by atoms with Crippen molar-refractivity contribution in [3.8, 4) is 0 Å². The number of aromatic nitrogens is 2. The number of benzene rings is 1. The van der Waals surface area contributed by atoms with E-state index in [2.05, 4.69) is 10.3 Å². The van der Waals surface area contributed by atoms with Crippen LogP contribution < -0.4 is 5.32 Å². The minimum absolute atomic E-state index is 0. The van der Waals surface area contributed by atoms with Gasteiger partial charge < -0.3 is 19.2 Å². The van der Waals surface area contributed by atoms with E-state index in [9.17, 15) is 4.79 Å². The van der Waals surface area contributed by atoms with E-state index in [1.807, 2.05) is 53.0 Å². The van der Waals surface area contributed by atoms with E-state index >= 15 is 0 Å². The molecular formula is C17H19ClN4O2. The number of nitrogens with zero attached hydrogens (tertiary/aromatic N) is 3. The first-order valence-electron chi connectivity index (χ1n) is 7.71. The zero-order chi connectivity index (χ0) is 15.8. The van der Waals surface area contributed by atoms with Crippen molar-refractivity contribution in [3.63, 3.8) is 0 Å². The largest absolute Gasteiger partial charge is 0.451 e. The predicted octanol–water partition coefficient (Wildman–Crippen LogP) is 2.37. The van der Waals surface area contributed by atoms with Crippen LogP contribution in [0.4, 0.5) is 0 Å². The van der Waals surface area contributed by atoms with Crippen molar-refractivity contribution in [1.82, 2.24) is 19.8 Å². The summed E-state index contributed by atoms with van der Waals surface area (Å²) in [5, 5.41) is 4.28. The molecule has 1 amide bonds. The third-order valence-electron chi connectivity index (χ3n) is 4.30. The molecule has 7 heteroatoms. The summed E-state index contributed by atoms with van der Waals surface area (Å²) < 4.78 is 7.70. The van der Waals surface area contributed by atoms with Gasteiger partial charge in [0.25, 0.3) is 5.91 Å². The second-order valence-electron chi connectivity index (χ2n) is 5.76. The van der Waals surface area contributed by atoms with Crippen LogP contribution in [0.15, 0.2) is 47.1 Å². The Morgan fingerprint density at radius 3 is 2.96 bits per heavy atom. The highest BCUT2D eigenvalue weighted by atomic mass is 35.5. The molecule has 1 fully saturated rings. The molecule has 126 valence electrons. The van der Waals surface area contributed by atoms with Gasteiger partial charge in [-0.3, -0.25) is 4.79 Å². The summed E-state index contributed by atoms with van der Waals surface area (Å²) in [5.74, 6) is 1.17. The quantitative estimate of drug-likeness (QED) is 0.773. The van der Waals surface area contributed by atoms with Gasteiger partial charge in [-0.1, -0.05) is 18.2 Å². The molecular weight excluding hydrogens is 328 g/mol. The predicted molar refractivity (Wildman–Crippen MR) is 93.3 cm³/mol. The Labute approximate surface area is 145 Å². The summed E-state index contributed by atoms with van der Waals surface area (Å²) in [5.41, 5.74) is 0.736. The molecule has 0 aliphatic carbocycles. The Balaban J connectivity index is 0.00000169. The Morgan fingerprint density at radius 1 is 1.38 bits per heavy atom. The van der Waals surface area contributed by atoms with Crippen molar-refractivity contribution in [1.29, 1.82) is 0 Å². The number of nitrogens with one attached hydrogen (secondary N) is 1. The number of aryl methyl sites for hydroxylation is 1. The maximum Gasteiger partial charge on any atom is 0.290 e. The first-order valence-corrected chi connectivity index (χ1v) is 7.71. The molecule has 1 aliphatic heterocycles. The van der Waals surface area contributed by atoms with Crippen LogP contribution in [-0.4, -0.2) is 40.0 Å². The lowest BCUT2D eigenvalue weighted by Crippen LogP contribution is -2.49. The lowest BCUT2D eigenvalue weighted by molar-refractivity contribution is 0.0590. The molecule has 0 radical (unpaired) electrons. The topological polar surface area (TPSA) is 63.3 Å². The fourth-order valence-electron chi connectivity index (χ4n) is 3.11. The highest BCUT2D eigenvalue weighted by Gasteiger charge is 2.32. The molecule has 1 unspecified atom stereocenters. The van der Waals surface area contributed by atoms with Crippen molar-refractivity contribution >= 4 is 29.3 Å². The smallest absolute Gasteiger partial charge is 0.290 e. The van der Waals surface area contributed by atoms with E-state index in [0.29, 0.717) is 18.8 Å². The summed E-state index contributed by atoms with van der Waals surface area (Å²) >= 11 is 0. The number of amides is 1. The lowest BCUT2D eigenvalue weighted by atomic mass is 10.1. The maximum atomic E-state index is 13.0. The molecule has 1 atom stereocenters. The summed E-state index contributed by atoms with van der Waals surface area (Å²) in [4.78, 5) is 19.2.